The van der Waals surface area contributed by atoms with Crippen molar-refractivity contribution >= 4 is 29.1 Å². The number of para-hydroxylation sites is 2. The van der Waals surface area contributed by atoms with E-state index in [-0.39, 0.29) is 0 Å². The van der Waals surface area contributed by atoms with Crippen LogP contribution in [0, 0.1) is 0 Å². The van der Waals surface area contributed by atoms with Gasteiger partial charge in [-0.15, -0.1) is 11.8 Å². The van der Waals surface area contributed by atoms with E-state index in [0.29, 0.717) is 12.3 Å². The molecule has 2 aromatic rings. The minimum atomic E-state index is 0.658. The average molecular weight is 294 g/mol. The summed E-state index contributed by atoms with van der Waals surface area (Å²) < 4.78 is 5.63. The highest BCUT2D eigenvalue weighted by molar-refractivity contribution is 7.99. The standard InChI is InChI=1S/C15H16ClNOS/c16-12-6-1-4-9-15(12)19-11-5-10-18-14-8-3-2-7-13(14)17/h1-4,6-9H,5,10-11,17H2. The summed E-state index contributed by atoms with van der Waals surface area (Å²) in [4.78, 5) is 1.11. The van der Waals surface area contributed by atoms with E-state index >= 15 is 0 Å². The van der Waals surface area contributed by atoms with Crippen molar-refractivity contribution in [1.82, 2.24) is 0 Å². The molecule has 19 heavy (non-hydrogen) atoms. The van der Waals surface area contributed by atoms with Crippen LogP contribution in [0.2, 0.25) is 5.02 Å². The number of nitrogens with two attached hydrogens (primary N) is 1. The molecule has 0 heterocycles. The number of rotatable bonds is 6. The van der Waals surface area contributed by atoms with Crippen LogP contribution in [0.3, 0.4) is 0 Å². The van der Waals surface area contributed by atoms with Crippen molar-refractivity contribution in [3.8, 4) is 5.75 Å². The first-order chi connectivity index (χ1) is 9.27. The third-order valence-electron chi connectivity index (χ3n) is 2.56. The number of benzene rings is 2. The first-order valence-corrected chi connectivity index (χ1v) is 7.48. The number of nitrogen functional groups attached to an aromatic ring is 1. The Labute approximate surface area is 122 Å². The Bertz CT molecular complexity index is 486. The molecule has 2 rings (SSSR count). The molecule has 0 bridgehead atoms. The normalized spacial score (nSPS) is 10.4. The average Bonchev–Trinajstić information content (AvgIpc) is 2.42. The van der Waals surface area contributed by atoms with Gasteiger partial charge in [0.1, 0.15) is 5.75 Å². The molecule has 0 aliphatic carbocycles. The number of ether oxygens (including phenoxy) is 1. The van der Waals surface area contributed by atoms with Gasteiger partial charge in [-0.3, -0.25) is 0 Å². The fourth-order valence-corrected chi connectivity index (χ4v) is 2.76. The number of halogens is 1. The van der Waals surface area contributed by atoms with Crippen LogP contribution >= 0.6 is 23.4 Å². The van der Waals surface area contributed by atoms with Crippen molar-refractivity contribution in [3.05, 3.63) is 53.6 Å². The van der Waals surface area contributed by atoms with Crippen molar-refractivity contribution in [2.45, 2.75) is 11.3 Å². The first-order valence-electron chi connectivity index (χ1n) is 6.12. The van der Waals surface area contributed by atoms with Crippen LogP contribution in [-0.2, 0) is 0 Å². The number of thioether (sulfide) groups is 1. The van der Waals surface area contributed by atoms with Gasteiger partial charge in [-0.05, 0) is 30.7 Å². The molecule has 0 aliphatic heterocycles. The highest BCUT2D eigenvalue weighted by Crippen LogP contribution is 2.27. The van der Waals surface area contributed by atoms with E-state index < -0.39 is 0 Å². The smallest absolute Gasteiger partial charge is 0.142 e. The summed E-state index contributed by atoms with van der Waals surface area (Å²) in [7, 11) is 0. The molecule has 0 saturated carbocycles. The van der Waals surface area contributed by atoms with Gasteiger partial charge in [0.25, 0.3) is 0 Å². The largest absolute Gasteiger partial charge is 0.491 e. The lowest BCUT2D eigenvalue weighted by Gasteiger charge is -2.08. The monoisotopic (exact) mass is 293 g/mol. The predicted molar refractivity (Wildman–Crippen MR) is 83.1 cm³/mol. The lowest BCUT2D eigenvalue weighted by molar-refractivity contribution is 0.320. The molecular weight excluding hydrogens is 278 g/mol. The third kappa shape index (κ3) is 4.37. The van der Waals surface area contributed by atoms with Gasteiger partial charge in [0.15, 0.2) is 0 Å². The summed E-state index contributed by atoms with van der Waals surface area (Å²) >= 11 is 7.83. The van der Waals surface area contributed by atoms with Gasteiger partial charge in [0.2, 0.25) is 0 Å². The van der Waals surface area contributed by atoms with Crippen LogP contribution < -0.4 is 10.5 Å². The second-order valence-electron chi connectivity index (χ2n) is 4.02. The zero-order chi connectivity index (χ0) is 13.5. The van der Waals surface area contributed by atoms with Crippen LogP contribution in [0.4, 0.5) is 5.69 Å². The van der Waals surface area contributed by atoms with E-state index in [2.05, 4.69) is 0 Å². The van der Waals surface area contributed by atoms with Crippen molar-refractivity contribution < 1.29 is 4.74 Å². The molecule has 2 aromatic carbocycles. The maximum atomic E-state index is 6.09. The van der Waals surface area contributed by atoms with Crippen molar-refractivity contribution in [1.29, 1.82) is 0 Å². The molecule has 100 valence electrons. The molecule has 0 amide bonds. The number of hydrogen-bond acceptors (Lipinski definition) is 3. The van der Waals surface area contributed by atoms with E-state index in [1.807, 2.05) is 48.5 Å². The number of hydrogen-bond donors (Lipinski definition) is 1. The van der Waals surface area contributed by atoms with Gasteiger partial charge in [-0.2, -0.15) is 0 Å². The summed E-state index contributed by atoms with van der Waals surface area (Å²) in [6, 6.07) is 15.4. The SMILES string of the molecule is Nc1ccccc1OCCCSc1ccccc1Cl. The van der Waals surface area contributed by atoms with Gasteiger partial charge < -0.3 is 10.5 Å². The van der Waals surface area contributed by atoms with Gasteiger partial charge >= 0.3 is 0 Å². The Kier molecular flexibility index (Phi) is 5.43. The molecule has 2 nitrogen and oxygen atoms in total. The molecular formula is C15H16ClNOS. The quantitative estimate of drug-likeness (QED) is 0.484. The molecule has 0 spiro atoms. The minimum Gasteiger partial charge on any atom is -0.491 e. The molecule has 0 atom stereocenters. The number of anilines is 1. The summed E-state index contributed by atoms with van der Waals surface area (Å²) in [5.74, 6) is 1.72. The maximum absolute atomic E-state index is 6.09. The van der Waals surface area contributed by atoms with E-state index in [9.17, 15) is 0 Å². The Hall–Kier alpha value is -1.32. The van der Waals surface area contributed by atoms with Gasteiger partial charge in [0, 0.05) is 10.6 Å². The van der Waals surface area contributed by atoms with E-state index in [1.165, 1.54) is 0 Å². The Morgan fingerprint density at radius 2 is 1.79 bits per heavy atom. The van der Waals surface area contributed by atoms with Crippen molar-refractivity contribution in [3.63, 3.8) is 0 Å². The van der Waals surface area contributed by atoms with Gasteiger partial charge in [-0.1, -0.05) is 35.9 Å². The molecule has 0 fully saturated rings. The fraction of sp³-hybridized carbons (Fsp3) is 0.200. The van der Waals surface area contributed by atoms with Crippen LogP contribution in [0.5, 0.6) is 5.75 Å². The highest BCUT2D eigenvalue weighted by Gasteiger charge is 2.01. The van der Waals surface area contributed by atoms with Gasteiger partial charge in [0.05, 0.1) is 17.3 Å². The Morgan fingerprint density at radius 3 is 2.58 bits per heavy atom. The maximum Gasteiger partial charge on any atom is 0.142 e. The molecule has 0 saturated heterocycles. The zero-order valence-corrected chi connectivity index (χ0v) is 12.1. The second-order valence-corrected chi connectivity index (χ2v) is 5.56. The third-order valence-corrected chi connectivity index (χ3v) is 4.16. The molecule has 0 aromatic heterocycles. The predicted octanol–water partition coefficient (Wildman–Crippen LogP) is 4.48. The van der Waals surface area contributed by atoms with Crippen LogP contribution in [0.15, 0.2) is 53.4 Å². The summed E-state index contributed by atoms with van der Waals surface area (Å²) in [5, 5.41) is 0.806. The Morgan fingerprint density at radius 1 is 1.05 bits per heavy atom. The first kappa shape index (κ1) is 14.1. The van der Waals surface area contributed by atoms with Crippen LogP contribution in [-0.4, -0.2) is 12.4 Å². The molecule has 0 aliphatic rings. The van der Waals surface area contributed by atoms with E-state index in [0.717, 1.165) is 27.8 Å². The molecule has 0 unspecified atom stereocenters. The second kappa shape index (κ2) is 7.31. The fourth-order valence-electron chi connectivity index (χ4n) is 1.60. The lowest BCUT2D eigenvalue weighted by Crippen LogP contribution is -2.01. The van der Waals surface area contributed by atoms with Crippen LogP contribution in [0.1, 0.15) is 6.42 Å². The topological polar surface area (TPSA) is 35.2 Å². The van der Waals surface area contributed by atoms with Gasteiger partial charge in [-0.25, -0.2) is 0 Å². The summed E-state index contributed by atoms with van der Waals surface area (Å²) in [6.07, 6.45) is 0.949. The van der Waals surface area contributed by atoms with Crippen molar-refractivity contribution in [2.75, 3.05) is 18.1 Å². The summed E-state index contributed by atoms with van der Waals surface area (Å²) in [5.41, 5.74) is 6.48. The lowest BCUT2D eigenvalue weighted by atomic mass is 10.3. The molecule has 4 heteroatoms. The zero-order valence-electron chi connectivity index (χ0n) is 10.5. The van der Waals surface area contributed by atoms with Crippen molar-refractivity contribution in [2.24, 2.45) is 0 Å². The summed E-state index contributed by atoms with van der Waals surface area (Å²) in [6.45, 7) is 0.658. The minimum absolute atomic E-state index is 0.658. The molecule has 0 radical (unpaired) electrons. The molecule has 2 N–H and O–H groups in total. The highest BCUT2D eigenvalue weighted by atomic mass is 35.5. The van der Waals surface area contributed by atoms with E-state index in [4.69, 9.17) is 22.1 Å². The van der Waals surface area contributed by atoms with E-state index in [1.54, 1.807) is 11.8 Å². The Balaban J connectivity index is 1.71. The van der Waals surface area contributed by atoms with Crippen LogP contribution in [0.25, 0.3) is 0 Å².